The van der Waals surface area contributed by atoms with Crippen LogP contribution in [-0.4, -0.2) is 72.9 Å². The Morgan fingerprint density at radius 2 is 1.76 bits per heavy atom. The van der Waals surface area contributed by atoms with Crippen LogP contribution in [0.2, 0.25) is 5.02 Å². The van der Waals surface area contributed by atoms with Gasteiger partial charge in [0.25, 0.3) is 5.91 Å². The maximum atomic E-state index is 14.0. The molecule has 10 nitrogen and oxygen atoms in total. The Bertz CT molecular complexity index is 1750. The van der Waals surface area contributed by atoms with Crippen LogP contribution < -0.4 is 19.2 Å². The highest BCUT2D eigenvalue weighted by atomic mass is 35.5. The summed E-state index contributed by atoms with van der Waals surface area (Å²) in [6, 6.07) is 12.5. The minimum absolute atomic E-state index is 0.0125. The van der Waals surface area contributed by atoms with Crippen molar-refractivity contribution in [2.75, 3.05) is 44.9 Å². The van der Waals surface area contributed by atoms with E-state index in [1.165, 1.54) is 16.2 Å². The number of rotatable bonds is 6. The molecule has 5 aliphatic rings. The lowest BCUT2D eigenvalue weighted by Gasteiger charge is -2.43. The number of morpholine rings is 1. The second-order valence-electron chi connectivity index (χ2n) is 12.1. The van der Waals surface area contributed by atoms with E-state index in [9.17, 15) is 19.2 Å². The maximum Gasteiger partial charge on any atom is 0.305 e. The van der Waals surface area contributed by atoms with Gasteiger partial charge in [0, 0.05) is 34.2 Å². The fourth-order valence-corrected chi connectivity index (χ4v) is 11.3. The number of hydrogen-bond donors (Lipinski definition) is 1. The molecule has 4 heterocycles. The highest BCUT2D eigenvalue weighted by molar-refractivity contribution is 8.00. The van der Waals surface area contributed by atoms with Crippen LogP contribution in [0.5, 0.6) is 11.5 Å². The smallest absolute Gasteiger partial charge is 0.305 e. The van der Waals surface area contributed by atoms with E-state index in [1.807, 2.05) is 18.2 Å². The molecule has 4 unspecified atom stereocenters. The summed E-state index contributed by atoms with van der Waals surface area (Å²) in [4.78, 5) is 60.1. The van der Waals surface area contributed by atoms with E-state index >= 15 is 0 Å². The van der Waals surface area contributed by atoms with E-state index in [0.29, 0.717) is 48.5 Å². The largest absolute Gasteiger partial charge is 0.493 e. The molecule has 2 aromatic carbocycles. The number of carbonyl (C=O) groups is 3. The summed E-state index contributed by atoms with van der Waals surface area (Å²) in [6.07, 6.45) is 0.793. The molecule has 1 aromatic heterocycles. The van der Waals surface area contributed by atoms with E-state index < -0.39 is 5.92 Å². The van der Waals surface area contributed by atoms with Crippen molar-refractivity contribution in [2.45, 2.75) is 22.6 Å². The summed E-state index contributed by atoms with van der Waals surface area (Å²) in [7, 11) is 1.56. The zero-order valence-corrected chi connectivity index (χ0v) is 26.7. The number of nitrogens with zero attached hydrogens (tertiary/aromatic N) is 2. The van der Waals surface area contributed by atoms with Gasteiger partial charge < -0.3 is 24.1 Å². The highest BCUT2D eigenvalue weighted by Gasteiger charge is 2.69. The van der Waals surface area contributed by atoms with Crippen molar-refractivity contribution < 1.29 is 28.6 Å². The van der Waals surface area contributed by atoms with Gasteiger partial charge in [-0.05, 0) is 66.1 Å². The van der Waals surface area contributed by atoms with Crippen molar-refractivity contribution in [2.24, 2.45) is 29.6 Å². The van der Waals surface area contributed by atoms with Gasteiger partial charge in [-0.15, -0.1) is 11.8 Å². The van der Waals surface area contributed by atoms with Gasteiger partial charge in [-0.1, -0.05) is 29.0 Å². The van der Waals surface area contributed by atoms with E-state index in [4.69, 9.17) is 25.8 Å². The Hall–Kier alpha value is -3.32. The molecule has 8 rings (SSSR count). The molecule has 4 fully saturated rings. The SMILES string of the molecule is COc1cc([C@H]2c3sc(=O)[nH]c3SC3C2[C@H]2C[C@@H]3C3C(=O)N(c4ccc(Cl)cc4)C(=O)C32)ccc1OCC(=O)N1CCOCC1. The molecule has 2 saturated carbocycles. The third-order valence-corrected chi connectivity index (χ3v) is 12.9. The normalized spacial score (nSPS) is 29.9. The van der Waals surface area contributed by atoms with Gasteiger partial charge in [-0.3, -0.25) is 24.1 Å². The zero-order chi connectivity index (χ0) is 31.0. The summed E-state index contributed by atoms with van der Waals surface area (Å²) < 4.78 is 17.0. The number of H-pyrrole nitrogens is 1. The summed E-state index contributed by atoms with van der Waals surface area (Å²) in [5.41, 5.74) is 1.49. The zero-order valence-electron chi connectivity index (χ0n) is 24.3. The first kappa shape index (κ1) is 29.1. The number of ether oxygens (including phenoxy) is 3. The third-order valence-electron chi connectivity index (χ3n) is 10.1. The van der Waals surface area contributed by atoms with Crippen LogP contribution in [0.15, 0.2) is 52.3 Å². The number of amides is 3. The molecule has 3 aromatic rings. The van der Waals surface area contributed by atoms with Crippen LogP contribution in [0.25, 0.3) is 0 Å². The van der Waals surface area contributed by atoms with Crippen LogP contribution in [0.1, 0.15) is 22.8 Å². The molecule has 2 aliphatic carbocycles. The van der Waals surface area contributed by atoms with Crippen molar-refractivity contribution >= 4 is 58.1 Å². The van der Waals surface area contributed by atoms with Gasteiger partial charge in [0.2, 0.25) is 11.8 Å². The number of benzene rings is 2. The van der Waals surface area contributed by atoms with Crippen molar-refractivity contribution in [3.8, 4) is 11.5 Å². The Morgan fingerprint density at radius 3 is 2.49 bits per heavy atom. The van der Waals surface area contributed by atoms with Crippen molar-refractivity contribution in [1.29, 1.82) is 0 Å². The van der Waals surface area contributed by atoms with Gasteiger partial charge in [-0.2, -0.15) is 0 Å². The Labute approximate surface area is 272 Å². The first-order valence-corrected chi connectivity index (χ1v) is 17.1. The fourth-order valence-electron chi connectivity index (χ4n) is 8.28. The molecule has 2 saturated heterocycles. The van der Waals surface area contributed by atoms with Crippen LogP contribution in [0.3, 0.4) is 0 Å². The molecular formula is C32H30ClN3O7S2. The number of halogens is 1. The van der Waals surface area contributed by atoms with Crippen molar-refractivity contribution in [3.05, 3.63) is 67.6 Å². The van der Waals surface area contributed by atoms with Gasteiger partial charge >= 0.3 is 4.87 Å². The Morgan fingerprint density at radius 1 is 1.02 bits per heavy atom. The van der Waals surface area contributed by atoms with Gasteiger partial charge in [-0.25, -0.2) is 0 Å². The molecule has 0 radical (unpaired) electrons. The molecule has 234 valence electrons. The van der Waals surface area contributed by atoms with Gasteiger partial charge in [0.1, 0.15) is 0 Å². The molecule has 1 N–H and O–H groups in total. The molecule has 3 aliphatic heterocycles. The molecular weight excluding hydrogens is 638 g/mol. The monoisotopic (exact) mass is 667 g/mol. The molecule has 2 bridgehead atoms. The van der Waals surface area contributed by atoms with Crippen molar-refractivity contribution in [1.82, 2.24) is 9.88 Å². The van der Waals surface area contributed by atoms with E-state index in [1.54, 1.807) is 48.0 Å². The first-order valence-electron chi connectivity index (χ1n) is 15.0. The fraction of sp³-hybridized carbons (Fsp3) is 0.438. The van der Waals surface area contributed by atoms with Crippen LogP contribution >= 0.6 is 34.7 Å². The number of hydrogen-bond acceptors (Lipinski definition) is 9. The number of carbonyl (C=O) groups excluding carboxylic acids is 3. The average molecular weight is 668 g/mol. The Kier molecular flexibility index (Phi) is 7.23. The average Bonchev–Trinajstić information content (AvgIpc) is 3.79. The molecule has 3 amide bonds. The second-order valence-corrected chi connectivity index (χ2v) is 14.8. The number of thioether (sulfide) groups is 1. The highest BCUT2D eigenvalue weighted by Crippen LogP contribution is 2.68. The number of anilines is 1. The lowest BCUT2D eigenvalue weighted by atomic mass is 9.68. The summed E-state index contributed by atoms with van der Waals surface area (Å²) in [5, 5.41) is 1.44. The van der Waals surface area contributed by atoms with Gasteiger partial charge in [0.15, 0.2) is 18.1 Å². The molecule has 13 heteroatoms. The minimum Gasteiger partial charge on any atom is -0.493 e. The molecule has 45 heavy (non-hydrogen) atoms. The number of thiazole rings is 1. The molecule has 0 spiro atoms. The first-order chi connectivity index (χ1) is 21.8. The van der Waals surface area contributed by atoms with Gasteiger partial charge in [0.05, 0.1) is 42.9 Å². The summed E-state index contributed by atoms with van der Waals surface area (Å²) in [5.74, 6) is -0.385. The van der Waals surface area contributed by atoms with Crippen LogP contribution in [0, 0.1) is 29.6 Å². The number of methoxy groups -OCH3 is 1. The second kappa shape index (κ2) is 11.2. The topological polar surface area (TPSA) is 118 Å². The standard InChI is InChI=1S/C32H30ClN3O7S2/c1-41-21-12-15(2-7-20(21)43-14-22(37)35-8-10-42-11-9-35)23-24-18-13-19(27(24)44-29-28(23)45-32(40)34-29)26-25(18)30(38)36(31(26)39)17-5-3-16(33)4-6-17/h2-7,12,18-19,23-27H,8-11,13-14H2,1H3,(H,34,40)/t18-,19-,23-,24?,25?,26?,27?/m1/s1. The van der Waals surface area contributed by atoms with Crippen molar-refractivity contribution in [3.63, 3.8) is 0 Å². The summed E-state index contributed by atoms with van der Waals surface area (Å²) >= 11 is 8.94. The predicted octanol–water partition coefficient (Wildman–Crippen LogP) is 4.01. The number of nitrogens with one attached hydrogen (secondary N) is 1. The third kappa shape index (κ3) is 4.63. The number of aromatic nitrogens is 1. The lowest BCUT2D eigenvalue weighted by molar-refractivity contribution is -0.137. The number of fused-ring (bicyclic) bond motifs is 9. The number of imide groups is 1. The Balaban J connectivity index is 1.11. The predicted molar refractivity (Wildman–Crippen MR) is 168 cm³/mol. The maximum absolute atomic E-state index is 14.0. The quantitative estimate of drug-likeness (QED) is 0.392. The minimum atomic E-state index is -0.407. The number of aromatic amines is 1. The van der Waals surface area contributed by atoms with Crippen LogP contribution in [-0.2, 0) is 19.1 Å². The van der Waals surface area contributed by atoms with E-state index in [2.05, 4.69) is 4.98 Å². The lowest BCUT2D eigenvalue weighted by Crippen LogP contribution is -2.43. The summed E-state index contributed by atoms with van der Waals surface area (Å²) in [6.45, 7) is 2.00. The van der Waals surface area contributed by atoms with E-state index in [-0.39, 0.29) is 64.0 Å². The van der Waals surface area contributed by atoms with Crippen LogP contribution in [0.4, 0.5) is 5.69 Å². The van der Waals surface area contributed by atoms with E-state index in [0.717, 1.165) is 21.9 Å². The molecule has 7 atom stereocenters.